The first-order valence-corrected chi connectivity index (χ1v) is 39.0. The van der Waals surface area contributed by atoms with E-state index in [2.05, 4.69) is 362 Å². The summed E-state index contributed by atoms with van der Waals surface area (Å²) < 4.78 is 12.7. The maximum atomic E-state index is 9.53. The molecule has 0 atom stereocenters. The van der Waals surface area contributed by atoms with Gasteiger partial charge in [-0.2, -0.15) is 0 Å². The number of hydrogen-bond acceptors (Lipinski definition) is 6. The van der Waals surface area contributed by atoms with Crippen LogP contribution in [0.2, 0.25) is 0 Å². The lowest BCUT2D eigenvalue weighted by molar-refractivity contribution is 0.425. The summed E-state index contributed by atoms with van der Waals surface area (Å²) in [5, 5.41) is 23.2. The van der Waals surface area contributed by atoms with Gasteiger partial charge in [-0.15, -0.1) is 0 Å². The van der Waals surface area contributed by atoms with Gasteiger partial charge in [-0.1, -0.05) is 382 Å². The number of furan rings is 2. The van der Waals surface area contributed by atoms with Crippen molar-refractivity contribution in [2.45, 2.75) is 0 Å². The van der Waals surface area contributed by atoms with Crippen molar-refractivity contribution >= 4 is 104 Å². The molecule has 0 fully saturated rings. The van der Waals surface area contributed by atoms with E-state index in [1.54, 1.807) is 12.1 Å². The van der Waals surface area contributed by atoms with E-state index < -0.39 is 7.12 Å². The molecule has 0 aliphatic heterocycles. The highest BCUT2D eigenvalue weighted by molar-refractivity contribution is 6.61. The molecule has 0 saturated heterocycles. The molecular formula is C108H76B2N2O4. The summed E-state index contributed by atoms with van der Waals surface area (Å²) in [6, 6.07) is 156. The zero-order chi connectivity index (χ0) is 78.1. The summed E-state index contributed by atoms with van der Waals surface area (Å²) in [5.74, 6) is 0. The topological polar surface area (TPSA) is 73.2 Å². The molecule has 0 amide bonds. The molecule has 0 saturated carbocycles. The first-order valence-electron chi connectivity index (χ1n) is 39.0. The van der Waals surface area contributed by atoms with Gasteiger partial charge in [0.05, 0.1) is 0 Å². The molecule has 548 valence electrons. The molecule has 116 heavy (non-hydrogen) atoms. The second kappa shape index (κ2) is 33.3. The van der Waals surface area contributed by atoms with Gasteiger partial charge in [0.1, 0.15) is 30.2 Å². The minimum absolute atomic E-state index is 0.382. The Morgan fingerprint density at radius 2 is 0.371 bits per heavy atom. The van der Waals surface area contributed by atoms with Gasteiger partial charge in [-0.3, -0.25) is 0 Å². The minimum atomic E-state index is -1.55. The molecule has 0 aliphatic carbocycles. The molecule has 0 unspecified atom stereocenters. The van der Waals surface area contributed by atoms with Crippen LogP contribution in [0.15, 0.2) is 458 Å². The highest BCUT2D eigenvalue weighted by Gasteiger charge is 2.23. The van der Waals surface area contributed by atoms with E-state index in [4.69, 9.17) is 16.7 Å². The van der Waals surface area contributed by atoms with Crippen molar-refractivity contribution in [2.75, 3.05) is 9.80 Å². The standard InChI is InChI=1S/C54H37NO.C36H26BN.C18H13BO3/c1-4-12-38(13-5-1)41-26-32-46(33-27-41)55(47-34-28-42(29-35-47)39-14-6-2-7-15-39)48-36-30-43(31-37-48)40-22-24-45(25-23-40)50-19-11-21-52-51-20-10-18-49(53(51)56-54(50)52)44-16-8-3-9-17-44;37-33-19-11-29(12-20-33)32-17-25-36(26-18-32)38(34-21-13-30(14-22-34)27-7-3-1-4-8-27)35-23-15-31(16-24-35)28-9-5-2-6-10-28;20-19(21)16-11-5-10-15-14-9-4-8-13(17(14)22-18(15)16)12-6-2-1-3-7-12/h1-37H;1-26H;1-11,20-21H. The van der Waals surface area contributed by atoms with Gasteiger partial charge < -0.3 is 28.7 Å². The molecule has 0 bridgehead atoms. The van der Waals surface area contributed by atoms with Crippen molar-refractivity contribution in [2.24, 2.45) is 0 Å². The molecule has 2 heterocycles. The van der Waals surface area contributed by atoms with E-state index in [9.17, 15) is 10.0 Å². The van der Waals surface area contributed by atoms with Gasteiger partial charge in [0, 0.05) is 77.8 Å². The maximum absolute atomic E-state index is 9.53. The van der Waals surface area contributed by atoms with Gasteiger partial charge in [0.15, 0.2) is 0 Å². The third-order valence-corrected chi connectivity index (χ3v) is 21.5. The van der Waals surface area contributed by atoms with Crippen LogP contribution in [0, 0.1) is 0 Å². The number of nitrogens with zero attached hydrogens (tertiary/aromatic N) is 2. The van der Waals surface area contributed by atoms with E-state index in [0.717, 1.165) is 134 Å². The van der Waals surface area contributed by atoms with Gasteiger partial charge in [-0.25, -0.2) is 0 Å². The van der Waals surface area contributed by atoms with Crippen molar-refractivity contribution in [1.29, 1.82) is 0 Å². The van der Waals surface area contributed by atoms with Crippen molar-refractivity contribution in [3.63, 3.8) is 0 Å². The monoisotopic (exact) mass is 1490 g/mol. The van der Waals surface area contributed by atoms with Crippen LogP contribution in [-0.2, 0) is 0 Å². The summed E-state index contributed by atoms with van der Waals surface area (Å²) >= 11 is 0. The van der Waals surface area contributed by atoms with Crippen LogP contribution in [0.3, 0.4) is 0 Å². The molecule has 0 aliphatic rings. The van der Waals surface area contributed by atoms with Crippen LogP contribution in [-0.4, -0.2) is 25.0 Å². The van der Waals surface area contributed by atoms with Crippen LogP contribution < -0.4 is 20.7 Å². The fourth-order valence-electron chi connectivity index (χ4n) is 15.5. The second-order valence-corrected chi connectivity index (χ2v) is 28.7. The molecule has 6 nitrogen and oxygen atoms in total. The molecule has 18 aromatic carbocycles. The summed E-state index contributed by atoms with van der Waals surface area (Å²) in [4.78, 5) is 4.63. The lowest BCUT2D eigenvalue weighted by atomic mass is 9.79. The normalized spacial score (nSPS) is 11.1. The minimum Gasteiger partial charge on any atom is -0.456 e. The van der Waals surface area contributed by atoms with Gasteiger partial charge in [-0.05, 0) is 156 Å². The number of para-hydroxylation sites is 4. The summed E-state index contributed by atoms with van der Waals surface area (Å²) in [7, 11) is 4.33. The van der Waals surface area contributed by atoms with E-state index >= 15 is 0 Å². The third kappa shape index (κ3) is 15.4. The lowest BCUT2D eigenvalue weighted by Gasteiger charge is -2.26. The van der Waals surface area contributed by atoms with Crippen molar-refractivity contribution < 1.29 is 18.9 Å². The number of fused-ring (bicyclic) bond motifs is 6. The average molecular weight is 1490 g/mol. The van der Waals surface area contributed by atoms with Crippen LogP contribution in [0.5, 0.6) is 0 Å². The summed E-state index contributed by atoms with van der Waals surface area (Å²) in [5.41, 5.74) is 31.7. The van der Waals surface area contributed by atoms with E-state index in [1.165, 1.54) is 44.5 Å². The Labute approximate surface area is 677 Å². The Kier molecular flexibility index (Phi) is 20.9. The Bertz CT molecular complexity index is 6530. The van der Waals surface area contributed by atoms with E-state index in [0.29, 0.717) is 11.0 Å². The van der Waals surface area contributed by atoms with Crippen molar-refractivity contribution in [3.05, 3.63) is 449 Å². The lowest BCUT2D eigenvalue weighted by Crippen LogP contribution is -2.29. The van der Waals surface area contributed by atoms with Crippen LogP contribution >= 0.6 is 0 Å². The van der Waals surface area contributed by atoms with Gasteiger partial charge in [0.2, 0.25) is 0 Å². The first-order chi connectivity index (χ1) is 57.3. The Hall–Kier alpha value is -14.8. The number of benzene rings is 18. The number of anilines is 6. The summed E-state index contributed by atoms with van der Waals surface area (Å²) in [6.45, 7) is 0. The largest absolute Gasteiger partial charge is 0.492 e. The van der Waals surface area contributed by atoms with E-state index in [1.807, 2.05) is 84.9 Å². The Morgan fingerprint density at radius 1 is 0.181 bits per heavy atom. The Morgan fingerprint density at radius 3 is 0.629 bits per heavy atom. The molecule has 8 heteroatoms. The maximum Gasteiger partial charge on any atom is 0.492 e. The molecule has 0 spiro atoms. The van der Waals surface area contributed by atoms with Gasteiger partial charge in [0.25, 0.3) is 0 Å². The van der Waals surface area contributed by atoms with Crippen LogP contribution in [0.25, 0.3) is 144 Å². The average Bonchev–Trinajstić information content (AvgIpc) is 1.60. The number of hydrogen-bond donors (Lipinski definition) is 2. The molecule has 20 rings (SSSR count). The fourth-order valence-corrected chi connectivity index (χ4v) is 15.5. The third-order valence-electron chi connectivity index (χ3n) is 21.5. The zero-order valence-electron chi connectivity index (χ0n) is 63.5. The van der Waals surface area contributed by atoms with Crippen LogP contribution in [0.4, 0.5) is 34.1 Å². The second-order valence-electron chi connectivity index (χ2n) is 28.7. The highest BCUT2D eigenvalue weighted by Crippen LogP contribution is 2.44. The van der Waals surface area contributed by atoms with Crippen LogP contribution in [0.1, 0.15) is 0 Å². The first kappa shape index (κ1) is 72.7. The predicted molar refractivity (Wildman–Crippen MR) is 487 cm³/mol. The number of rotatable bonds is 16. The fraction of sp³-hybridized carbons (Fsp3) is 0. The van der Waals surface area contributed by atoms with Crippen molar-refractivity contribution in [3.8, 4) is 100 Å². The SMILES string of the molecule is OB(O)c1cccc2c1oc1c(-c3ccccc3)cccc12.[B]c1ccc(-c2ccc(N(c3ccc(-c4ccccc4)cc3)c3ccc(-c4ccccc4)cc3)cc2)cc1.c1ccc(-c2ccc(N(c3ccc(-c4ccccc4)cc3)c3ccc(-c4ccc(-c5cccc6c5oc5c(-c7ccccc7)cccc56)cc4)cc3)cc2)cc1. The highest BCUT2D eigenvalue weighted by atomic mass is 16.4. The van der Waals surface area contributed by atoms with Crippen molar-refractivity contribution in [1.82, 2.24) is 0 Å². The molecular weight excluding hydrogens is 1410 g/mol. The van der Waals surface area contributed by atoms with E-state index in [-0.39, 0.29) is 0 Å². The molecule has 20 aromatic rings. The molecule has 2 N–H and O–H groups in total. The Balaban J connectivity index is 0.000000133. The molecule has 2 aromatic heterocycles. The van der Waals surface area contributed by atoms with Gasteiger partial charge >= 0.3 is 7.12 Å². The summed E-state index contributed by atoms with van der Waals surface area (Å²) in [6.07, 6.45) is 0. The predicted octanol–water partition coefficient (Wildman–Crippen LogP) is 27.3. The smallest absolute Gasteiger partial charge is 0.456 e. The zero-order valence-corrected chi connectivity index (χ0v) is 63.5. The quantitative estimate of drug-likeness (QED) is 0.0939. The molecule has 2 radical (unpaired) electrons.